The molecule has 0 unspecified atom stereocenters. The summed E-state index contributed by atoms with van der Waals surface area (Å²) < 4.78 is 16.5. The summed E-state index contributed by atoms with van der Waals surface area (Å²) in [5.41, 5.74) is 2.43. The standard InChI is InChI=1S/C23H26FN5S/c1-27(2)14-8-16-29-22(21(26-23(29)30)18-10-5-6-13-25-18)20-12-7-15-28(20)19-11-4-3-9-17(19)24/h3-7,9-13,15,21-22H,8,14,16H2,1-2H3,(H,26,30)/t21-,22+/m1/s1. The lowest BCUT2D eigenvalue weighted by Gasteiger charge is -2.29. The Morgan fingerprint density at radius 2 is 1.90 bits per heavy atom. The molecule has 1 N–H and O–H groups in total. The minimum absolute atomic E-state index is 0.0934. The second kappa shape index (κ2) is 8.93. The fourth-order valence-electron chi connectivity index (χ4n) is 4.03. The molecular formula is C23H26FN5S. The summed E-state index contributed by atoms with van der Waals surface area (Å²) in [6, 6.07) is 16.5. The van der Waals surface area contributed by atoms with Gasteiger partial charge in [0.25, 0.3) is 0 Å². The van der Waals surface area contributed by atoms with Crippen LogP contribution < -0.4 is 5.32 Å². The maximum Gasteiger partial charge on any atom is 0.170 e. The van der Waals surface area contributed by atoms with Gasteiger partial charge in [-0.15, -0.1) is 0 Å². The number of aromatic nitrogens is 2. The fourth-order valence-corrected chi connectivity index (χ4v) is 4.36. The Morgan fingerprint density at radius 3 is 2.63 bits per heavy atom. The van der Waals surface area contributed by atoms with Crippen LogP contribution in [0.4, 0.5) is 4.39 Å². The SMILES string of the molecule is CN(C)CCCN1C(=S)N[C@H](c2ccccn2)[C@@H]1c1cccn1-c1ccccc1F. The van der Waals surface area contributed by atoms with E-state index in [4.69, 9.17) is 12.2 Å². The number of rotatable bonds is 7. The first-order valence-corrected chi connectivity index (χ1v) is 10.5. The zero-order valence-electron chi connectivity index (χ0n) is 17.2. The van der Waals surface area contributed by atoms with Crippen molar-refractivity contribution < 1.29 is 4.39 Å². The molecule has 0 radical (unpaired) electrons. The zero-order chi connectivity index (χ0) is 21.1. The molecule has 156 valence electrons. The van der Waals surface area contributed by atoms with E-state index in [1.54, 1.807) is 18.3 Å². The lowest BCUT2D eigenvalue weighted by Crippen LogP contribution is -2.33. The predicted octanol–water partition coefficient (Wildman–Crippen LogP) is 3.94. The van der Waals surface area contributed by atoms with E-state index in [9.17, 15) is 4.39 Å². The lowest BCUT2D eigenvalue weighted by atomic mass is 10.0. The van der Waals surface area contributed by atoms with Crippen LogP contribution in [0.5, 0.6) is 0 Å². The number of hydrogen-bond acceptors (Lipinski definition) is 3. The van der Waals surface area contributed by atoms with Crippen LogP contribution >= 0.6 is 12.2 Å². The summed E-state index contributed by atoms with van der Waals surface area (Å²) >= 11 is 5.72. The molecule has 0 bridgehead atoms. The van der Waals surface area contributed by atoms with Crippen molar-refractivity contribution in [3.63, 3.8) is 0 Å². The maximum atomic E-state index is 14.6. The number of hydrogen-bond donors (Lipinski definition) is 1. The number of halogens is 1. The van der Waals surface area contributed by atoms with Crippen molar-refractivity contribution in [1.29, 1.82) is 0 Å². The van der Waals surface area contributed by atoms with Crippen LogP contribution in [-0.4, -0.2) is 51.6 Å². The van der Waals surface area contributed by atoms with Crippen molar-refractivity contribution in [3.8, 4) is 5.69 Å². The van der Waals surface area contributed by atoms with Gasteiger partial charge < -0.3 is 19.7 Å². The van der Waals surface area contributed by atoms with Crippen molar-refractivity contribution in [2.24, 2.45) is 0 Å². The fraction of sp³-hybridized carbons (Fsp3) is 0.304. The van der Waals surface area contributed by atoms with Gasteiger partial charge in [-0.2, -0.15) is 0 Å². The summed E-state index contributed by atoms with van der Waals surface area (Å²) in [6.45, 7) is 1.77. The third kappa shape index (κ3) is 4.08. The Kier molecular flexibility index (Phi) is 6.11. The van der Waals surface area contributed by atoms with Crippen LogP contribution in [0.2, 0.25) is 0 Å². The summed E-state index contributed by atoms with van der Waals surface area (Å²) in [4.78, 5) is 8.96. The van der Waals surface area contributed by atoms with Gasteiger partial charge in [0.2, 0.25) is 0 Å². The summed E-state index contributed by atoms with van der Waals surface area (Å²) in [5.74, 6) is -0.253. The predicted molar refractivity (Wildman–Crippen MR) is 121 cm³/mol. The van der Waals surface area contributed by atoms with Crippen molar-refractivity contribution in [3.05, 3.63) is 84.2 Å². The molecule has 0 spiro atoms. The minimum atomic E-state index is -0.253. The molecule has 5 nitrogen and oxygen atoms in total. The first-order valence-electron chi connectivity index (χ1n) is 10.1. The normalized spacial score (nSPS) is 18.8. The van der Waals surface area contributed by atoms with E-state index in [1.165, 1.54) is 6.07 Å². The van der Waals surface area contributed by atoms with Crippen molar-refractivity contribution in [1.82, 2.24) is 24.7 Å². The average Bonchev–Trinajstić information content (AvgIpc) is 3.33. The number of thiocarbonyl (C=S) groups is 1. The van der Waals surface area contributed by atoms with Crippen molar-refractivity contribution in [2.45, 2.75) is 18.5 Å². The van der Waals surface area contributed by atoms with E-state index in [0.29, 0.717) is 10.8 Å². The van der Waals surface area contributed by atoms with Crippen LogP contribution in [0, 0.1) is 5.82 Å². The minimum Gasteiger partial charge on any atom is -0.352 e. The first-order chi connectivity index (χ1) is 14.6. The Hall–Kier alpha value is -2.77. The van der Waals surface area contributed by atoms with Gasteiger partial charge in [-0.1, -0.05) is 18.2 Å². The zero-order valence-corrected chi connectivity index (χ0v) is 18.0. The van der Waals surface area contributed by atoms with Gasteiger partial charge in [0.15, 0.2) is 5.11 Å². The van der Waals surface area contributed by atoms with E-state index >= 15 is 0 Å². The summed E-state index contributed by atoms with van der Waals surface area (Å²) in [7, 11) is 4.14. The topological polar surface area (TPSA) is 36.3 Å². The van der Waals surface area contributed by atoms with E-state index < -0.39 is 0 Å². The van der Waals surface area contributed by atoms with Gasteiger partial charge in [-0.25, -0.2) is 4.39 Å². The molecule has 3 aromatic rings. The maximum absolute atomic E-state index is 14.6. The Morgan fingerprint density at radius 1 is 1.10 bits per heavy atom. The molecular weight excluding hydrogens is 397 g/mol. The summed E-state index contributed by atoms with van der Waals surface area (Å²) in [6.07, 6.45) is 4.67. The first kappa shape index (κ1) is 20.5. The molecule has 1 aliphatic rings. The van der Waals surface area contributed by atoms with E-state index in [-0.39, 0.29) is 17.9 Å². The Balaban J connectivity index is 1.75. The number of nitrogens with one attached hydrogen (secondary N) is 1. The van der Waals surface area contributed by atoms with Gasteiger partial charge >= 0.3 is 0 Å². The molecule has 1 fully saturated rings. The highest BCUT2D eigenvalue weighted by Crippen LogP contribution is 2.39. The monoisotopic (exact) mass is 423 g/mol. The molecule has 7 heteroatoms. The molecule has 0 amide bonds. The van der Waals surface area contributed by atoms with E-state index in [1.807, 2.05) is 47.2 Å². The van der Waals surface area contributed by atoms with Gasteiger partial charge in [0.05, 0.1) is 23.5 Å². The highest BCUT2D eigenvalue weighted by molar-refractivity contribution is 7.80. The molecule has 1 aromatic carbocycles. The quantitative estimate of drug-likeness (QED) is 0.583. The third-order valence-electron chi connectivity index (χ3n) is 5.40. The second-order valence-electron chi connectivity index (χ2n) is 7.73. The van der Waals surface area contributed by atoms with Gasteiger partial charge in [0.1, 0.15) is 5.82 Å². The molecule has 3 heterocycles. The van der Waals surface area contributed by atoms with Crippen LogP contribution in [0.15, 0.2) is 67.0 Å². The highest BCUT2D eigenvalue weighted by Gasteiger charge is 2.41. The third-order valence-corrected chi connectivity index (χ3v) is 5.75. The van der Waals surface area contributed by atoms with Gasteiger partial charge in [0, 0.05) is 24.6 Å². The van der Waals surface area contributed by atoms with Gasteiger partial charge in [-0.05, 0) is 75.7 Å². The summed E-state index contributed by atoms with van der Waals surface area (Å²) in [5, 5.41) is 4.17. The van der Waals surface area contributed by atoms with Crippen LogP contribution in [-0.2, 0) is 0 Å². The number of para-hydroxylation sites is 1. The molecule has 30 heavy (non-hydrogen) atoms. The largest absolute Gasteiger partial charge is 0.352 e. The number of benzene rings is 1. The van der Waals surface area contributed by atoms with Crippen molar-refractivity contribution >= 4 is 17.3 Å². The average molecular weight is 424 g/mol. The van der Waals surface area contributed by atoms with Gasteiger partial charge in [-0.3, -0.25) is 4.98 Å². The molecule has 2 atom stereocenters. The molecule has 4 rings (SSSR count). The number of pyridine rings is 1. The second-order valence-corrected chi connectivity index (χ2v) is 8.12. The Bertz CT molecular complexity index is 1000. The molecule has 0 aliphatic carbocycles. The molecule has 1 aliphatic heterocycles. The molecule has 2 aromatic heterocycles. The Labute approximate surface area is 182 Å². The van der Waals surface area contributed by atoms with Crippen LogP contribution in [0.25, 0.3) is 5.69 Å². The molecule has 1 saturated heterocycles. The highest BCUT2D eigenvalue weighted by atomic mass is 32.1. The number of nitrogens with zero attached hydrogens (tertiary/aromatic N) is 4. The van der Waals surface area contributed by atoms with Crippen LogP contribution in [0.1, 0.15) is 29.9 Å². The van der Waals surface area contributed by atoms with Crippen LogP contribution in [0.3, 0.4) is 0 Å². The lowest BCUT2D eigenvalue weighted by molar-refractivity contribution is 0.286. The molecule has 0 saturated carbocycles. The van der Waals surface area contributed by atoms with Crippen molar-refractivity contribution in [2.75, 3.05) is 27.2 Å². The van der Waals surface area contributed by atoms with E-state index in [2.05, 4.69) is 34.2 Å². The van der Waals surface area contributed by atoms with E-state index in [0.717, 1.165) is 30.9 Å². The smallest absolute Gasteiger partial charge is 0.170 e.